The van der Waals surface area contributed by atoms with Crippen molar-refractivity contribution in [2.24, 2.45) is 0 Å². The SMILES string of the molecule is CNC(CN1CCCN(C)CC1C)c1ccccc1OC. The molecule has 0 radical (unpaired) electrons. The van der Waals surface area contributed by atoms with E-state index in [0.29, 0.717) is 12.1 Å². The maximum Gasteiger partial charge on any atom is 0.123 e. The minimum absolute atomic E-state index is 0.298. The van der Waals surface area contributed by atoms with Crippen LogP contribution in [0, 0.1) is 0 Å². The Kier molecular flexibility index (Phi) is 6.03. The summed E-state index contributed by atoms with van der Waals surface area (Å²) >= 11 is 0. The van der Waals surface area contributed by atoms with Crippen molar-refractivity contribution < 1.29 is 4.74 Å². The molecule has 4 nitrogen and oxygen atoms in total. The lowest BCUT2D eigenvalue weighted by Crippen LogP contribution is -2.42. The topological polar surface area (TPSA) is 27.7 Å². The molecular formula is C17H29N3O. The molecule has 1 saturated heterocycles. The first kappa shape index (κ1) is 16.3. The summed E-state index contributed by atoms with van der Waals surface area (Å²) in [5.41, 5.74) is 1.24. The molecule has 1 fully saturated rings. The summed E-state index contributed by atoms with van der Waals surface area (Å²) < 4.78 is 5.52. The molecular weight excluding hydrogens is 262 g/mol. The Balaban J connectivity index is 2.11. The number of ether oxygens (including phenoxy) is 1. The van der Waals surface area contributed by atoms with E-state index in [9.17, 15) is 0 Å². The quantitative estimate of drug-likeness (QED) is 0.898. The van der Waals surface area contributed by atoms with Gasteiger partial charge in [-0.15, -0.1) is 0 Å². The molecule has 1 aromatic rings. The lowest BCUT2D eigenvalue weighted by molar-refractivity contribution is 0.184. The molecule has 0 amide bonds. The third kappa shape index (κ3) is 4.19. The summed E-state index contributed by atoms with van der Waals surface area (Å²) in [5, 5.41) is 3.46. The Hall–Kier alpha value is -1.10. The average Bonchev–Trinajstić information content (AvgIpc) is 2.65. The molecule has 1 aliphatic heterocycles. The maximum atomic E-state index is 5.52. The number of nitrogens with zero attached hydrogens (tertiary/aromatic N) is 2. The molecule has 1 aromatic carbocycles. The number of hydrogen-bond donors (Lipinski definition) is 1. The number of rotatable bonds is 5. The first-order valence-electron chi connectivity index (χ1n) is 7.88. The predicted molar refractivity (Wildman–Crippen MR) is 87.9 cm³/mol. The Morgan fingerprint density at radius 2 is 2.10 bits per heavy atom. The van der Waals surface area contributed by atoms with Crippen molar-refractivity contribution in [2.45, 2.75) is 25.4 Å². The lowest BCUT2D eigenvalue weighted by Gasteiger charge is -2.32. The molecule has 1 N–H and O–H groups in total. The molecule has 118 valence electrons. The van der Waals surface area contributed by atoms with Crippen molar-refractivity contribution in [1.29, 1.82) is 0 Å². The van der Waals surface area contributed by atoms with Crippen LogP contribution in [0.5, 0.6) is 5.75 Å². The minimum atomic E-state index is 0.298. The predicted octanol–water partition coefficient (Wildman–Crippen LogP) is 1.98. The zero-order valence-electron chi connectivity index (χ0n) is 13.8. The highest BCUT2D eigenvalue weighted by Gasteiger charge is 2.24. The van der Waals surface area contributed by atoms with E-state index < -0.39 is 0 Å². The van der Waals surface area contributed by atoms with Crippen LogP contribution in [0.2, 0.25) is 0 Å². The second-order valence-electron chi connectivity index (χ2n) is 6.04. The largest absolute Gasteiger partial charge is 0.496 e. The van der Waals surface area contributed by atoms with Gasteiger partial charge in [0.25, 0.3) is 0 Å². The molecule has 21 heavy (non-hydrogen) atoms. The summed E-state index contributed by atoms with van der Waals surface area (Å²) in [5.74, 6) is 0.969. The van der Waals surface area contributed by atoms with Gasteiger partial charge >= 0.3 is 0 Å². The second-order valence-corrected chi connectivity index (χ2v) is 6.04. The first-order valence-corrected chi connectivity index (χ1v) is 7.88. The third-order valence-electron chi connectivity index (χ3n) is 4.46. The smallest absolute Gasteiger partial charge is 0.123 e. The Labute approximate surface area is 129 Å². The second kappa shape index (κ2) is 7.78. The van der Waals surface area contributed by atoms with Gasteiger partial charge in [0, 0.05) is 30.7 Å². The first-order chi connectivity index (χ1) is 10.2. The van der Waals surface area contributed by atoms with E-state index in [2.05, 4.69) is 41.2 Å². The van der Waals surface area contributed by atoms with Gasteiger partial charge in [0.05, 0.1) is 7.11 Å². The molecule has 0 aromatic heterocycles. The van der Waals surface area contributed by atoms with Crippen molar-refractivity contribution in [3.8, 4) is 5.75 Å². The van der Waals surface area contributed by atoms with Crippen molar-refractivity contribution >= 4 is 0 Å². The van der Waals surface area contributed by atoms with E-state index in [1.165, 1.54) is 25.1 Å². The summed E-state index contributed by atoms with van der Waals surface area (Å²) in [6.07, 6.45) is 1.24. The Morgan fingerprint density at radius 1 is 1.33 bits per heavy atom. The van der Waals surface area contributed by atoms with E-state index in [0.717, 1.165) is 18.8 Å². The number of hydrogen-bond acceptors (Lipinski definition) is 4. The molecule has 4 heteroatoms. The summed E-state index contributed by atoms with van der Waals surface area (Å²) in [6, 6.07) is 9.20. The molecule has 1 heterocycles. The van der Waals surface area contributed by atoms with Crippen LogP contribution < -0.4 is 10.1 Å². The highest BCUT2D eigenvalue weighted by atomic mass is 16.5. The molecule has 2 rings (SSSR count). The average molecular weight is 291 g/mol. The fraction of sp³-hybridized carbons (Fsp3) is 0.647. The van der Waals surface area contributed by atoms with Crippen LogP contribution >= 0.6 is 0 Å². The lowest BCUT2D eigenvalue weighted by atomic mass is 10.0. The van der Waals surface area contributed by atoms with Crippen LogP contribution in [-0.4, -0.2) is 63.2 Å². The standard InChI is InChI=1S/C17H29N3O/c1-14-12-19(3)10-7-11-20(14)13-16(18-2)15-8-5-6-9-17(15)21-4/h5-6,8-9,14,16,18H,7,10-13H2,1-4H3. The summed E-state index contributed by atoms with van der Waals surface area (Å²) in [4.78, 5) is 5.03. The van der Waals surface area contributed by atoms with Gasteiger partial charge in [-0.3, -0.25) is 4.90 Å². The minimum Gasteiger partial charge on any atom is -0.496 e. The fourth-order valence-corrected chi connectivity index (χ4v) is 3.23. The molecule has 1 aliphatic rings. The summed E-state index contributed by atoms with van der Waals surface area (Å²) in [6.45, 7) is 6.85. The van der Waals surface area contributed by atoms with Gasteiger partial charge < -0.3 is 15.0 Å². The highest BCUT2D eigenvalue weighted by molar-refractivity contribution is 5.36. The molecule has 2 unspecified atom stereocenters. The van der Waals surface area contributed by atoms with E-state index in [1.54, 1.807) is 7.11 Å². The number of methoxy groups -OCH3 is 1. The van der Waals surface area contributed by atoms with E-state index >= 15 is 0 Å². The van der Waals surface area contributed by atoms with E-state index in [4.69, 9.17) is 4.74 Å². The van der Waals surface area contributed by atoms with Gasteiger partial charge in [-0.05, 0) is 46.6 Å². The van der Waals surface area contributed by atoms with Crippen molar-refractivity contribution in [3.63, 3.8) is 0 Å². The van der Waals surface area contributed by atoms with Crippen LogP contribution in [0.25, 0.3) is 0 Å². The number of para-hydroxylation sites is 1. The van der Waals surface area contributed by atoms with Crippen LogP contribution in [0.1, 0.15) is 24.9 Å². The zero-order valence-corrected chi connectivity index (χ0v) is 13.8. The monoisotopic (exact) mass is 291 g/mol. The zero-order chi connectivity index (χ0) is 15.2. The number of likely N-dealkylation sites (N-methyl/N-ethyl adjacent to an activating group) is 2. The third-order valence-corrected chi connectivity index (χ3v) is 4.46. The molecule has 0 aliphatic carbocycles. The highest BCUT2D eigenvalue weighted by Crippen LogP contribution is 2.26. The number of benzene rings is 1. The number of nitrogens with one attached hydrogen (secondary N) is 1. The van der Waals surface area contributed by atoms with Crippen molar-refractivity contribution in [1.82, 2.24) is 15.1 Å². The van der Waals surface area contributed by atoms with Gasteiger partial charge in [0.15, 0.2) is 0 Å². The van der Waals surface area contributed by atoms with Gasteiger partial charge in [0.2, 0.25) is 0 Å². The fourth-order valence-electron chi connectivity index (χ4n) is 3.23. The maximum absolute atomic E-state index is 5.52. The molecule has 0 saturated carbocycles. The van der Waals surface area contributed by atoms with Crippen molar-refractivity contribution in [2.75, 3.05) is 47.4 Å². The van der Waals surface area contributed by atoms with Crippen LogP contribution in [-0.2, 0) is 0 Å². The molecule has 0 spiro atoms. The van der Waals surface area contributed by atoms with Crippen LogP contribution in [0.4, 0.5) is 0 Å². The van der Waals surface area contributed by atoms with Crippen LogP contribution in [0.15, 0.2) is 24.3 Å². The van der Waals surface area contributed by atoms with Gasteiger partial charge in [-0.1, -0.05) is 18.2 Å². The summed E-state index contributed by atoms with van der Waals surface area (Å²) in [7, 11) is 6.00. The Bertz CT molecular complexity index is 438. The normalized spacial score (nSPS) is 22.8. The van der Waals surface area contributed by atoms with E-state index in [-0.39, 0.29) is 0 Å². The van der Waals surface area contributed by atoms with Gasteiger partial charge in [0.1, 0.15) is 5.75 Å². The van der Waals surface area contributed by atoms with Crippen molar-refractivity contribution in [3.05, 3.63) is 29.8 Å². The molecule has 0 bridgehead atoms. The molecule has 2 atom stereocenters. The van der Waals surface area contributed by atoms with E-state index in [1.807, 2.05) is 19.2 Å². The Morgan fingerprint density at radius 3 is 2.81 bits per heavy atom. The van der Waals surface area contributed by atoms with Gasteiger partial charge in [-0.2, -0.15) is 0 Å². The van der Waals surface area contributed by atoms with Crippen LogP contribution in [0.3, 0.4) is 0 Å². The van der Waals surface area contributed by atoms with Gasteiger partial charge in [-0.25, -0.2) is 0 Å².